The molecule has 0 radical (unpaired) electrons. The van der Waals surface area contributed by atoms with Crippen molar-refractivity contribution >= 4 is 11.7 Å². The molecule has 0 spiro atoms. The predicted octanol–water partition coefficient (Wildman–Crippen LogP) is 2.25. The number of hydrogen-bond acceptors (Lipinski definition) is 4. The maximum atomic E-state index is 11.9. The summed E-state index contributed by atoms with van der Waals surface area (Å²) in [6, 6.07) is 3.38. The smallest absolute Gasteiger partial charge is 0.226 e. The zero-order valence-electron chi connectivity index (χ0n) is 12.1. The predicted molar refractivity (Wildman–Crippen MR) is 78.3 cm³/mol. The number of pyridine rings is 1. The minimum Gasteiger partial charge on any atom is -0.506 e. The van der Waals surface area contributed by atoms with E-state index in [0.29, 0.717) is 11.5 Å². The molecule has 1 amide bonds. The quantitative estimate of drug-likeness (QED) is 0.807. The first-order chi connectivity index (χ1) is 10.1. The van der Waals surface area contributed by atoms with Crippen LogP contribution in [0, 0.1) is 6.92 Å². The van der Waals surface area contributed by atoms with Crippen molar-refractivity contribution < 1.29 is 9.90 Å². The molecule has 0 unspecified atom stereocenters. The van der Waals surface area contributed by atoms with E-state index in [-0.39, 0.29) is 24.0 Å². The number of H-pyrrole nitrogens is 1. The minimum atomic E-state index is -0.256. The molecule has 110 valence electrons. The topological polar surface area (TPSA) is 90.9 Å². The SMILES string of the molecule is CCCc1[nH]nc2c1[C@@H](c1nc(C)ccc1O)CC(=O)N2. The molecular weight excluding hydrogens is 268 g/mol. The highest BCUT2D eigenvalue weighted by Gasteiger charge is 2.33. The van der Waals surface area contributed by atoms with Gasteiger partial charge in [0.15, 0.2) is 5.82 Å². The summed E-state index contributed by atoms with van der Waals surface area (Å²) in [5.41, 5.74) is 3.31. The third-order valence-corrected chi connectivity index (χ3v) is 3.75. The van der Waals surface area contributed by atoms with Crippen molar-refractivity contribution in [2.75, 3.05) is 5.32 Å². The molecule has 0 saturated carbocycles. The summed E-state index contributed by atoms with van der Waals surface area (Å²) in [5, 5.41) is 20.1. The molecule has 0 saturated heterocycles. The van der Waals surface area contributed by atoms with Crippen LogP contribution in [0.25, 0.3) is 0 Å². The molecule has 1 aliphatic heterocycles. The molecule has 0 aromatic carbocycles. The first-order valence-electron chi connectivity index (χ1n) is 7.13. The van der Waals surface area contributed by atoms with Crippen molar-refractivity contribution in [2.24, 2.45) is 0 Å². The molecule has 2 aromatic heterocycles. The van der Waals surface area contributed by atoms with E-state index >= 15 is 0 Å². The monoisotopic (exact) mass is 286 g/mol. The first kappa shape index (κ1) is 13.6. The molecule has 6 heteroatoms. The van der Waals surface area contributed by atoms with Gasteiger partial charge in [-0.3, -0.25) is 14.9 Å². The molecule has 0 bridgehead atoms. The lowest BCUT2D eigenvalue weighted by Crippen LogP contribution is -2.24. The van der Waals surface area contributed by atoms with E-state index < -0.39 is 0 Å². The number of hydrogen-bond donors (Lipinski definition) is 3. The molecule has 0 aliphatic carbocycles. The van der Waals surface area contributed by atoms with Gasteiger partial charge in [-0.15, -0.1) is 0 Å². The van der Waals surface area contributed by atoms with E-state index in [1.165, 1.54) is 0 Å². The lowest BCUT2D eigenvalue weighted by atomic mass is 9.87. The van der Waals surface area contributed by atoms with Gasteiger partial charge in [0, 0.05) is 29.3 Å². The summed E-state index contributed by atoms with van der Waals surface area (Å²) >= 11 is 0. The van der Waals surface area contributed by atoms with Gasteiger partial charge in [0.2, 0.25) is 5.91 Å². The lowest BCUT2D eigenvalue weighted by molar-refractivity contribution is -0.116. The Labute approximate surface area is 122 Å². The fraction of sp³-hybridized carbons (Fsp3) is 0.400. The van der Waals surface area contributed by atoms with Gasteiger partial charge in [0.1, 0.15) is 5.75 Å². The zero-order chi connectivity index (χ0) is 15.0. The van der Waals surface area contributed by atoms with Crippen molar-refractivity contribution in [1.29, 1.82) is 0 Å². The standard InChI is InChI=1S/C15H18N4O2/c1-3-4-10-13-9(7-12(21)17-15(13)19-18-10)14-11(20)6-5-8(2)16-14/h5-6,9,20H,3-4,7H2,1-2H3,(H2,17,18,19,21)/t9-/m0/s1. The van der Waals surface area contributed by atoms with Gasteiger partial charge in [-0.2, -0.15) is 5.10 Å². The number of aromatic nitrogens is 3. The van der Waals surface area contributed by atoms with Crippen LogP contribution in [0.3, 0.4) is 0 Å². The highest BCUT2D eigenvalue weighted by molar-refractivity contribution is 5.94. The van der Waals surface area contributed by atoms with Crippen LogP contribution in [0.15, 0.2) is 12.1 Å². The van der Waals surface area contributed by atoms with Crippen LogP contribution in [-0.4, -0.2) is 26.2 Å². The molecular formula is C15H18N4O2. The highest BCUT2D eigenvalue weighted by Crippen LogP contribution is 2.40. The number of aryl methyl sites for hydroxylation is 2. The molecule has 1 aliphatic rings. The summed E-state index contributed by atoms with van der Waals surface area (Å²) in [6.45, 7) is 3.96. The molecule has 0 fully saturated rings. The summed E-state index contributed by atoms with van der Waals surface area (Å²) in [4.78, 5) is 16.3. The Morgan fingerprint density at radius 2 is 2.24 bits per heavy atom. The van der Waals surface area contributed by atoms with E-state index in [1.54, 1.807) is 12.1 Å². The Balaban J connectivity index is 2.13. The number of nitrogens with zero attached hydrogens (tertiary/aromatic N) is 2. The number of nitrogens with one attached hydrogen (secondary N) is 2. The van der Waals surface area contributed by atoms with Crippen LogP contribution in [0.4, 0.5) is 5.82 Å². The van der Waals surface area contributed by atoms with Crippen LogP contribution >= 0.6 is 0 Å². The van der Waals surface area contributed by atoms with Crippen molar-refractivity contribution in [3.63, 3.8) is 0 Å². The number of amides is 1. The van der Waals surface area contributed by atoms with Gasteiger partial charge < -0.3 is 10.4 Å². The van der Waals surface area contributed by atoms with Gasteiger partial charge in [0.05, 0.1) is 5.69 Å². The van der Waals surface area contributed by atoms with Crippen LogP contribution in [-0.2, 0) is 11.2 Å². The maximum absolute atomic E-state index is 11.9. The van der Waals surface area contributed by atoms with E-state index in [4.69, 9.17) is 0 Å². The van der Waals surface area contributed by atoms with Crippen molar-refractivity contribution in [2.45, 2.75) is 39.0 Å². The van der Waals surface area contributed by atoms with Crippen LogP contribution in [0.1, 0.15) is 48.3 Å². The minimum absolute atomic E-state index is 0.107. The number of carbonyl (C=O) groups is 1. The molecule has 6 nitrogen and oxygen atoms in total. The Bertz CT molecular complexity index is 693. The van der Waals surface area contributed by atoms with Gasteiger partial charge in [0.25, 0.3) is 0 Å². The largest absolute Gasteiger partial charge is 0.506 e. The Morgan fingerprint density at radius 1 is 1.43 bits per heavy atom. The van der Waals surface area contributed by atoms with Crippen molar-refractivity contribution in [1.82, 2.24) is 15.2 Å². The number of aromatic hydroxyl groups is 1. The van der Waals surface area contributed by atoms with E-state index in [2.05, 4.69) is 27.4 Å². The second-order valence-electron chi connectivity index (χ2n) is 5.38. The summed E-state index contributed by atoms with van der Waals surface area (Å²) < 4.78 is 0. The summed E-state index contributed by atoms with van der Waals surface area (Å²) in [6.07, 6.45) is 2.09. The fourth-order valence-electron chi connectivity index (χ4n) is 2.83. The molecule has 3 heterocycles. The molecule has 2 aromatic rings. The third kappa shape index (κ3) is 2.37. The number of aromatic amines is 1. The average Bonchev–Trinajstić information content (AvgIpc) is 2.84. The number of rotatable bonds is 3. The summed E-state index contributed by atoms with van der Waals surface area (Å²) in [7, 11) is 0. The Hall–Kier alpha value is -2.37. The van der Waals surface area contributed by atoms with Crippen molar-refractivity contribution in [3.8, 4) is 5.75 Å². The molecule has 3 N–H and O–H groups in total. The van der Waals surface area contributed by atoms with Gasteiger partial charge in [-0.25, -0.2) is 0 Å². The molecule has 21 heavy (non-hydrogen) atoms. The Morgan fingerprint density at radius 3 is 3.00 bits per heavy atom. The number of anilines is 1. The number of fused-ring (bicyclic) bond motifs is 1. The van der Waals surface area contributed by atoms with Gasteiger partial charge in [-0.05, 0) is 25.5 Å². The highest BCUT2D eigenvalue weighted by atomic mass is 16.3. The van der Waals surface area contributed by atoms with Crippen molar-refractivity contribution in [3.05, 3.63) is 34.8 Å². The van der Waals surface area contributed by atoms with Crippen LogP contribution in [0.5, 0.6) is 5.75 Å². The fourth-order valence-corrected chi connectivity index (χ4v) is 2.83. The Kier molecular flexibility index (Phi) is 3.37. The van der Waals surface area contributed by atoms with Crippen LogP contribution < -0.4 is 5.32 Å². The normalized spacial score (nSPS) is 17.4. The van der Waals surface area contributed by atoms with E-state index in [1.807, 2.05) is 6.92 Å². The van der Waals surface area contributed by atoms with Gasteiger partial charge >= 0.3 is 0 Å². The van der Waals surface area contributed by atoms with Crippen LogP contribution in [0.2, 0.25) is 0 Å². The zero-order valence-corrected chi connectivity index (χ0v) is 12.1. The molecule has 1 atom stereocenters. The molecule has 3 rings (SSSR count). The van der Waals surface area contributed by atoms with E-state index in [9.17, 15) is 9.90 Å². The maximum Gasteiger partial charge on any atom is 0.226 e. The lowest BCUT2D eigenvalue weighted by Gasteiger charge is -2.23. The third-order valence-electron chi connectivity index (χ3n) is 3.75. The second-order valence-corrected chi connectivity index (χ2v) is 5.38. The second kappa shape index (κ2) is 5.20. The number of carbonyl (C=O) groups excluding carboxylic acids is 1. The van der Waals surface area contributed by atoms with Gasteiger partial charge in [-0.1, -0.05) is 13.3 Å². The first-order valence-corrected chi connectivity index (χ1v) is 7.13. The van der Waals surface area contributed by atoms with E-state index in [0.717, 1.165) is 29.8 Å². The average molecular weight is 286 g/mol. The summed E-state index contributed by atoms with van der Waals surface area (Å²) in [5.74, 6) is 0.316.